The number of hydrogen-bond donors (Lipinski definition) is 0. The molecule has 0 radical (unpaired) electrons. The quantitative estimate of drug-likeness (QED) is 0.179. The minimum Gasteiger partial charge on any atom is -0.337 e. The largest absolute Gasteiger partial charge is 0.337 e. The van der Waals surface area contributed by atoms with Gasteiger partial charge in [0.15, 0.2) is 0 Å². The standard InChI is InChI=1S/C47H40N2/c1-2-4-12-32(11-3-1)34-19-21-35(22-20-34)36-23-26-38(27-24-36)49-43-17-9-7-15-40(43)41-29-30-45-46(47(41)49)42-16-8-10-18-44(42)48(45)39-28-25-33-13-5-6-14-37(33)31-39/h1,3,5-6,8-10,12-14,16-28,31,42,44H,2,4,7,11,15,29-30H2. The van der Waals surface area contributed by atoms with Gasteiger partial charge in [-0.15, -0.1) is 0 Å². The van der Waals surface area contributed by atoms with Crippen molar-refractivity contribution in [2.24, 2.45) is 5.92 Å². The first-order valence-corrected chi connectivity index (χ1v) is 18.2. The van der Waals surface area contributed by atoms with Crippen molar-refractivity contribution in [3.05, 3.63) is 173 Å². The van der Waals surface area contributed by atoms with Crippen LogP contribution < -0.4 is 4.90 Å². The number of anilines is 1. The molecule has 0 fully saturated rings. The number of benzene rings is 4. The Balaban J connectivity index is 1.07. The SMILES string of the molecule is C1=CC2C3=C(CCc4c5c(n(-c6ccc(-c7ccc(C8=CCCC=CC8)cc7)cc6)c43)C=CCC5)N(c3ccc4ccccc4c3)C2C=C1. The van der Waals surface area contributed by atoms with Crippen LogP contribution in [-0.4, -0.2) is 10.6 Å². The second kappa shape index (κ2) is 11.7. The van der Waals surface area contributed by atoms with Crippen LogP contribution in [0.15, 0.2) is 145 Å². The lowest BCUT2D eigenvalue weighted by atomic mass is 9.83. The monoisotopic (exact) mass is 632 g/mol. The van der Waals surface area contributed by atoms with Crippen molar-refractivity contribution in [1.29, 1.82) is 0 Å². The molecule has 0 saturated carbocycles. The molecule has 10 rings (SSSR count). The molecule has 2 heteroatoms. The van der Waals surface area contributed by atoms with E-state index in [9.17, 15) is 0 Å². The maximum absolute atomic E-state index is 2.66. The lowest BCUT2D eigenvalue weighted by Crippen LogP contribution is -2.32. The predicted molar refractivity (Wildman–Crippen MR) is 207 cm³/mol. The van der Waals surface area contributed by atoms with E-state index in [0.717, 1.165) is 44.9 Å². The summed E-state index contributed by atoms with van der Waals surface area (Å²) in [7, 11) is 0. The zero-order valence-corrected chi connectivity index (χ0v) is 27.9. The van der Waals surface area contributed by atoms with Gasteiger partial charge in [-0.3, -0.25) is 0 Å². The van der Waals surface area contributed by atoms with Gasteiger partial charge in [0.1, 0.15) is 0 Å². The summed E-state index contributed by atoms with van der Waals surface area (Å²) >= 11 is 0. The van der Waals surface area contributed by atoms with Gasteiger partial charge in [-0.2, -0.15) is 0 Å². The molecule has 238 valence electrons. The van der Waals surface area contributed by atoms with E-state index < -0.39 is 0 Å². The fourth-order valence-electron chi connectivity index (χ4n) is 9.12. The summed E-state index contributed by atoms with van der Waals surface area (Å²) in [6.45, 7) is 0. The zero-order valence-electron chi connectivity index (χ0n) is 27.9. The van der Waals surface area contributed by atoms with Gasteiger partial charge >= 0.3 is 0 Å². The molecule has 0 spiro atoms. The molecule has 1 aromatic heterocycles. The van der Waals surface area contributed by atoms with Crippen molar-refractivity contribution in [2.45, 2.75) is 51.0 Å². The van der Waals surface area contributed by atoms with Gasteiger partial charge in [-0.05, 0) is 119 Å². The van der Waals surface area contributed by atoms with Crippen LogP contribution >= 0.6 is 0 Å². The number of rotatable bonds is 4. The molecule has 4 aliphatic carbocycles. The van der Waals surface area contributed by atoms with E-state index in [1.54, 1.807) is 11.1 Å². The molecule has 2 atom stereocenters. The van der Waals surface area contributed by atoms with Gasteiger partial charge in [0.2, 0.25) is 0 Å². The first-order chi connectivity index (χ1) is 24.3. The normalized spacial score (nSPS) is 20.6. The third kappa shape index (κ3) is 4.69. The number of fused-ring (bicyclic) bond motifs is 7. The highest BCUT2D eigenvalue weighted by molar-refractivity contribution is 5.91. The van der Waals surface area contributed by atoms with Gasteiger partial charge in [0.05, 0.1) is 11.7 Å². The second-order valence-corrected chi connectivity index (χ2v) is 14.1. The van der Waals surface area contributed by atoms with Crippen LogP contribution in [0.3, 0.4) is 0 Å². The van der Waals surface area contributed by atoms with E-state index in [1.807, 2.05) is 0 Å². The van der Waals surface area contributed by atoms with Gasteiger partial charge in [0, 0.05) is 34.3 Å². The number of hydrogen-bond acceptors (Lipinski definition) is 1. The molecule has 0 saturated heterocycles. The first kappa shape index (κ1) is 28.7. The van der Waals surface area contributed by atoms with Crippen molar-refractivity contribution < 1.29 is 0 Å². The van der Waals surface area contributed by atoms with Gasteiger partial charge in [0.25, 0.3) is 0 Å². The number of aromatic nitrogens is 1. The summed E-state index contributed by atoms with van der Waals surface area (Å²) < 4.78 is 2.61. The minimum atomic E-state index is 0.285. The molecule has 2 unspecified atom stereocenters. The number of allylic oxidation sites excluding steroid dienone is 8. The molecular formula is C47H40N2. The Bertz CT molecular complexity index is 2300. The van der Waals surface area contributed by atoms with Crippen LogP contribution in [0.2, 0.25) is 0 Å². The maximum atomic E-state index is 2.66. The summed E-state index contributed by atoms with van der Waals surface area (Å²) in [4.78, 5) is 2.66. The third-order valence-corrected chi connectivity index (χ3v) is 11.4. The first-order valence-electron chi connectivity index (χ1n) is 18.2. The van der Waals surface area contributed by atoms with Crippen molar-refractivity contribution >= 4 is 33.7 Å². The Morgan fingerprint density at radius 3 is 2.24 bits per heavy atom. The fourth-order valence-corrected chi connectivity index (χ4v) is 9.12. The Labute approximate surface area is 289 Å². The van der Waals surface area contributed by atoms with Crippen molar-refractivity contribution in [3.8, 4) is 16.8 Å². The average Bonchev–Trinajstić information content (AvgIpc) is 3.53. The topological polar surface area (TPSA) is 8.17 Å². The molecule has 0 N–H and O–H groups in total. The summed E-state index contributed by atoms with van der Waals surface area (Å²) in [5.74, 6) is 0.321. The van der Waals surface area contributed by atoms with E-state index in [4.69, 9.17) is 0 Å². The van der Waals surface area contributed by atoms with Crippen LogP contribution in [0, 0.1) is 5.92 Å². The molecule has 2 nitrogen and oxygen atoms in total. The Morgan fingerprint density at radius 1 is 0.592 bits per heavy atom. The van der Waals surface area contributed by atoms with Gasteiger partial charge in [-0.25, -0.2) is 0 Å². The molecule has 2 heterocycles. The summed E-state index contributed by atoms with van der Waals surface area (Å²) in [5, 5.41) is 2.60. The van der Waals surface area contributed by atoms with Gasteiger partial charge in [-0.1, -0.05) is 115 Å². The number of nitrogens with zero attached hydrogens (tertiary/aromatic N) is 2. The third-order valence-electron chi connectivity index (χ3n) is 11.4. The Morgan fingerprint density at radius 2 is 1.37 bits per heavy atom. The molecule has 5 aliphatic rings. The molecule has 0 amide bonds. The predicted octanol–water partition coefficient (Wildman–Crippen LogP) is 11.7. The maximum Gasteiger partial charge on any atom is 0.0627 e. The van der Waals surface area contributed by atoms with Crippen LogP contribution in [0.25, 0.3) is 44.8 Å². The highest BCUT2D eigenvalue weighted by Gasteiger charge is 2.44. The van der Waals surface area contributed by atoms with E-state index in [2.05, 4.69) is 155 Å². The van der Waals surface area contributed by atoms with Crippen LogP contribution in [0.1, 0.15) is 60.2 Å². The lowest BCUT2D eigenvalue weighted by molar-refractivity contribution is 0.697. The molecule has 1 aliphatic heterocycles. The van der Waals surface area contributed by atoms with Crippen LogP contribution in [-0.2, 0) is 12.8 Å². The highest BCUT2D eigenvalue weighted by Crippen LogP contribution is 2.52. The zero-order chi connectivity index (χ0) is 32.3. The smallest absolute Gasteiger partial charge is 0.0627 e. The van der Waals surface area contributed by atoms with Crippen molar-refractivity contribution in [2.75, 3.05) is 4.90 Å². The van der Waals surface area contributed by atoms with Crippen molar-refractivity contribution in [3.63, 3.8) is 0 Å². The van der Waals surface area contributed by atoms with E-state index >= 15 is 0 Å². The molecule has 5 aromatic rings. The highest BCUT2D eigenvalue weighted by atomic mass is 15.2. The molecule has 49 heavy (non-hydrogen) atoms. The van der Waals surface area contributed by atoms with Crippen LogP contribution in [0.4, 0.5) is 5.69 Å². The average molecular weight is 633 g/mol. The van der Waals surface area contributed by atoms with Gasteiger partial charge < -0.3 is 9.47 Å². The Hall–Kier alpha value is -5.34. The Kier molecular flexibility index (Phi) is 6.82. The summed E-state index contributed by atoms with van der Waals surface area (Å²) in [6, 6.07) is 34.6. The fraction of sp³-hybridized carbons (Fsp3) is 0.191. The molecule has 4 aromatic carbocycles. The van der Waals surface area contributed by atoms with E-state index in [1.165, 1.54) is 67.1 Å². The van der Waals surface area contributed by atoms with E-state index in [-0.39, 0.29) is 6.04 Å². The summed E-state index contributed by atoms with van der Waals surface area (Å²) in [5.41, 5.74) is 16.8. The lowest BCUT2D eigenvalue weighted by Gasteiger charge is -2.31. The minimum absolute atomic E-state index is 0.285. The second-order valence-electron chi connectivity index (χ2n) is 14.1. The molecular weight excluding hydrogens is 593 g/mol. The summed E-state index contributed by atoms with van der Waals surface area (Å²) in [6.07, 6.45) is 28.9. The van der Waals surface area contributed by atoms with Crippen molar-refractivity contribution in [1.82, 2.24) is 4.57 Å². The van der Waals surface area contributed by atoms with E-state index in [0.29, 0.717) is 5.92 Å². The molecule has 0 bridgehead atoms. The van der Waals surface area contributed by atoms with Crippen LogP contribution in [0.5, 0.6) is 0 Å².